The number of aliphatic carboxylic acids is 1. The van der Waals surface area contributed by atoms with Crippen LogP contribution >= 0.6 is 0 Å². The number of rotatable bonds is 7. The second-order valence-electron chi connectivity index (χ2n) is 6.79. The van der Waals surface area contributed by atoms with Crippen molar-refractivity contribution in [3.05, 3.63) is 82.1 Å². The number of nitrogens with one attached hydrogen (secondary N) is 1. The van der Waals surface area contributed by atoms with Crippen LogP contribution in [0.2, 0.25) is 0 Å². The lowest BCUT2D eigenvalue weighted by molar-refractivity contribution is -0.141. The Morgan fingerprint density at radius 1 is 1.07 bits per heavy atom. The molecule has 2 N–H and O–H groups in total. The molecule has 2 aromatic carbocycles. The van der Waals surface area contributed by atoms with E-state index in [0.29, 0.717) is 17.3 Å². The summed E-state index contributed by atoms with van der Waals surface area (Å²) in [5.41, 5.74) is 2.55. The van der Waals surface area contributed by atoms with Crippen molar-refractivity contribution in [2.24, 2.45) is 5.92 Å². The van der Waals surface area contributed by atoms with Crippen LogP contribution in [0.25, 0.3) is 10.9 Å². The molecule has 1 amide bonds. The van der Waals surface area contributed by atoms with E-state index in [4.69, 9.17) is 0 Å². The fraction of sp³-hybridized carbons (Fsp3) is 0.227. The third-order valence-corrected chi connectivity index (χ3v) is 4.82. The molecule has 1 aromatic heterocycles. The van der Waals surface area contributed by atoms with Crippen molar-refractivity contribution >= 4 is 22.8 Å². The molecule has 0 saturated carbocycles. The second-order valence-corrected chi connectivity index (χ2v) is 6.79. The fourth-order valence-corrected chi connectivity index (χ4v) is 3.20. The van der Waals surface area contributed by atoms with Gasteiger partial charge in [-0.15, -0.1) is 0 Å². The molecule has 0 radical (unpaired) electrons. The summed E-state index contributed by atoms with van der Waals surface area (Å²) >= 11 is 0. The minimum absolute atomic E-state index is 0.0114. The van der Waals surface area contributed by atoms with Gasteiger partial charge in [0.25, 0.3) is 0 Å². The van der Waals surface area contributed by atoms with Gasteiger partial charge in [0.05, 0.1) is 11.4 Å². The fourth-order valence-electron chi connectivity index (χ4n) is 3.20. The lowest BCUT2D eigenvalue weighted by atomic mass is 9.96. The number of aryl methyl sites for hydroxylation is 1. The highest BCUT2D eigenvalue weighted by molar-refractivity contribution is 5.82. The average Bonchev–Trinajstić information content (AvgIpc) is 2.68. The van der Waals surface area contributed by atoms with E-state index in [1.54, 1.807) is 35.0 Å². The van der Waals surface area contributed by atoms with Gasteiger partial charge in [-0.1, -0.05) is 36.4 Å². The number of carboxylic acids is 1. The molecular formula is C22H22N2O4. The van der Waals surface area contributed by atoms with Crippen molar-refractivity contribution in [2.45, 2.75) is 19.9 Å². The maximum Gasteiger partial charge on any atom is 0.308 e. The first-order chi connectivity index (χ1) is 13.5. The Hall–Kier alpha value is -3.41. The van der Waals surface area contributed by atoms with E-state index in [9.17, 15) is 19.5 Å². The molecule has 0 aliphatic carbocycles. The van der Waals surface area contributed by atoms with Crippen LogP contribution in [-0.4, -0.2) is 28.1 Å². The van der Waals surface area contributed by atoms with Crippen LogP contribution in [0.3, 0.4) is 0 Å². The van der Waals surface area contributed by atoms with Crippen LogP contribution in [0.15, 0.2) is 65.6 Å². The molecule has 0 spiro atoms. The van der Waals surface area contributed by atoms with Crippen molar-refractivity contribution in [1.82, 2.24) is 9.88 Å². The third kappa shape index (κ3) is 4.46. The molecule has 0 aliphatic rings. The quantitative estimate of drug-likeness (QED) is 0.661. The molecule has 1 atom stereocenters. The highest BCUT2D eigenvalue weighted by Crippen LogP contribution is 2.14. The zero-order chi connectivity index (χ0) is 20.1. The Bertz CT molecular complexity index is 1070. The molecule has 0 bridgehead atoms. The Morgan fingerprint density at radius 2 is 1.79 bits per heavy atom. The molecule has 0 saturated heterocycles. The van der Waals surface area contributed by atoms with Gasteiger partial charge in [0.15, 0.2) is 5.43 Å². The van der Waals surface area contributed by atoms with Crippen molar-refractivity contribution in [1.29, 1.82) is 0 Å². The van der Waals surface area contributed by atoms with Gasteiger partial charge in [0.1, 0.15) is 6.54 Å². The van der Waals surface area contributed by atoms with Gasteiger partial charge in [0.2, 0.25) is 5.91 Å². The summed E-state index contributed by atoms with van der Waals surface area (Å²) in [7, 11) is 0. The minimum atomic E-state index is -0.947. The summed E-state index contributed by atoms with van der Waals surface area (Å²) < 4.78 is 1.68. The van der Waals surface area contributed by atoms with E-state index in [1.165, 1.54) is 6.07 Å². The number of fused-ring (bicyclic) bond motifs is 1. The minimum Gasteiger partial charge on any atom is -0.481 e. The number of carboxylic acid groups (broad SMARTS) is 1. The van der Waals surface area contributed by atoms with Gasteiger partial charge < -0.3 is 15.0 Å². The smallest absolute Gasteiger partial charge is 0.308 e. The van der Waals surface area contributed by atoms with Crippen molar-refractivity contribution in [3.8, 4) is 0 Å². The molecule has 6 heteroatoms. The Balaban J connectivity index is 1.67. The molecule has 6 nitrogen and oxygen atoms in total. The largest absolute Gasteiger partial charge is 0.481 e. The van der Waals surface area contributed by atoms with Crippen molar-refractivity contribution in [3.63, 3.8) is 0 Å². The van der Waals surface area contributed by atoms with Crippen LogP contribution in [0, 0.1) is 12.8 Å². The second kappa shape index (κ2) is 8.52. The highest BCUT2D eigenvalue weighted by atomic mass is 16.4. The Labute approximate surface area is 162 Å². The van der Waals surface area contributed by atoms with Crippen LogP contribution in [0.5, 0.6) is 0 Å². The van der Waals surface area contributed by atoms with Gasteiger partial charge in [-0.25, -0.2) is 0 Å². The predicted molar refractivity (Wildman–Crippen MR) is 107 cm³/mol. The summed E-state index contributed by atoms with van der Waals surface area (Å²) in [6.07, 6.45) is 1.93. The molecule has 144 valence electrons. The summed E-state index contributed by atoms with van der Waals surface area (Å²) in [4.78, 5) is 35.9. The van der Waals surface area contributed by atoms with Crippen molar-refractivity contribution < 1.29 is 14.7 Å². The van der Waals surface area contributed by atoms with Crippen molar-refractivity contribution in [2.75, 3.05) is 6.54 Å². The molecule has 3 rings (SSSR count). The SMILES string of the molecule is Cc1ccccc1C[C@@H](CNC(=O)Cn1ccc(=O)c2ccccc21)C(=O)O. The number of hydrogen-bond acceptors (Lipinski definition) is 3. The first-order valence-corrected chi connectivity index (χ1v) is 9.08. The number of nitrogens with zero attached hydrogens (tertiary/aromatic N) is 1. The highest BCUT2D eigenvalue weighted by Gasteiger charge is 2.20. The van der Waals surface area contributed by atoms with E-state index < -0.39 is 11.9 Å². The Morgan fingerprint density at radius 3 is 2.54 bits per heavy atom. The molecule has 28 heavy (non-hydrogen) atoms. The average molecular weight is 378 g/mol. The van der Waals surface area contributed by atoms with E-state index >= 15 is 0 Å². The lowest BCUT2D eigenvalue weighted by Gasteiger charge is -2.16. The molecule has 3 aromatic rings. The van der Waals surface area contributed by atoms with Gasteiger partial charge in [-0.2, -0.15) is 0 Å². The van der Waals surface area contributed by atoms with E-state index in [-0.39, 0.29) is 24.4 Å². The van der Waals surface area contributed by atoms with Crippen LogP contribution in [0.4, 0.5) is 0 Å². The lowest BCUT2D eigenvalue weighted by Crippen LogP contribution is -2.36. The molecule has 1 heterocycles. The topological polar surface area (TPSA) is 88.4 Å². The maximum atomic E-state index is 12.4. The van der Waals surface area contributed by atoms with Gasteiger partial charge in [-0.3, -0.25) is 14.4 Å². The number of aromatic nitrogens is 1. The van der Waals surface area contributed by atoms with E-state index in [0.717, 1.165) is 11.1 Å². The number of benzene rings is 2. The van der Waals surface area contributed by atoms with Crippen LogP contribution in [0.1, 0.15) is 11.1 Å². The zero-order valence-electron chi connectivity index (χ0n) is 15.6. The number of para-hydroxylation sites is 1. The number of hydrogen-bond donors (Lipinski definition) is 2. The number of carbonyl (C=O) groups excluding carboxylic acids is 1. The first-order valence-electron chi connectivity index (χ1n) is 9.08. The summed E-state index contributed by atoms with van der Waals surface area (Å²) in [6, 6.07) is 16.1. The number of pyridine rings is 1. The molecule has 0 unspecified atom stereocenters. The summed E-state index contributed by atoms with van der Waals surface area (Å²) in [5, 5.41) is 12.8. The summed E-state index contributed by atoms with van der Waals surface area (Å²) in [5.74, 6) is -1.96. The first kappa shape index (κ1) is 19.4. The monoisotopic (exact) mass is 378 g/mol. The van der Waals surface area contributed by atoms with Gasteiger partial charge in [0, 0.05) is 24.2 Å². The van der Waals surface area contributed by atoms with Gasteiger partial charge >= 0.3 is 5.97 Å². The number of amides is 1. The maximum absolute atomic E-state index is 12.4. The molecule has 0 aliphatic heterocycles. The van der Waals surface area contributed by atoms with E-state index in [1.807, 2.05) is 31.2 Å². The third-order valence-electron chi connectivity index (χ3n) is 4.82. The van der Waals surface area contributed by atoms with E-state index in [2.05, 4.69) is 5.32 Å². The molecule has 0 fully saturated rings. The summed E-state index contributed by atoms with van der Waals surface area (Å²) in [6.45, 7) is 1.99. The molecular weight excluding hydrogens is 356 g/mol. The van der Waals surface area contributed by atoms with Crippen LogP contribution < -0.4 is 10.7 Å². The predicted octanol–water partition coefficient (Wildman–Crippen LogP) is 2.37. The van der Waals surface area contributed by atoms with Crippen LogP contribution in [-0.2, 0) is 22.6 Å². The normalized spacial score (nSPS) is 11.9. The number of carbonyl (C=O) groups is 2. The Kier molecular flexibility index (Phi) is 5.89. The van der Waals surface area contributed by atoms with Gasteiger partial charge in [-0.05, 0) is 36.6 Å². The zero-order valence-corrected chi connectivity index (χ0v) is 15.6. The standard InChI is InChI=1S/C22H22N2O4/c1-15-6-2-3-7-16(15)12-17(22(27)28)13-23-21(26)14-24-11-10-20(25)18-8-4-5-9-19(18)24/h2-11,17H,12-14H2,1H3,(H,23,26)(H,27,28)/t17-/m0/s1.